The first-order valence-electron chi connectivity index (χ1n) is 7.72. The van der Waals surface area contributed by atoms with Gasteiger partial charge in [0, 0.05) is 27.1 Å². The quantitative estimate of drug-likeness (QED) is 0.572. The van der Waals surface area contributed by atoms with Crippen molar-refractivity contribution in [1.29, 1.82) is 0 Å². The average molecular weight is 384 g/mol. The Morgan fingerprint density at radius 3 is 2.50 bits per heavy atom. The number of rotatable bonds is 5. The largest absolute Gasteiger partial charge is 0.485 e. The summed E-state index contributed by atoms with van der Waals surface area (Å²) in [7, 11) is 0. The maximum atomic E-state index is 12.6. The highest BCUT2D eigenvalue weighted by Gasteiger charge is 2.17. The Bertz CT molecular complexity index is 869. The number of para-hydroxylation sites is 1. The van der Waals surface area contributed by atoms with E-state index in [0.717, 1.165) is 21.5 Å². The number of hydrogen-bond donors (Lipinski definition) is 0. The van der Waals surface area contributed by atoms with Gasteiger partial charge in [-0.05, 0) is 50.2 Å². The lowest BCUT2D eigenvalue weighted by Crippen LogP contribution is -2.12. The summed E-state index contributed by atoms with van der Waals surface area (Å²) in [6, 6.07) is 19.4. The van der Waals surface area contributed by atoms with Crippen LogP contribution >= 0.6 is 15.9 Å². The van der Waals surface area contributed by atoms with Crippen LogP contribution in [0.25, 0.3) is 5.69 Å². The summed E-state index contributed by atoms with van der Waals surface area (Å²) < 4.78 is 8.64. The number of halogens is 1. The lowest BCUT2D eigenvalue weighted by molar-refractivity contribution is 0.0921. The van der Waals surface area contributed by atoms with Gasteiger partial charge in [-0.2, -0.15) is 0 Å². The Balaban J connectivity index is 1.81. The number of benzene rings is 2. The van der Waals surface area contributed by atoms with Crippen LogP contribution < -0.4 is 4.74 Å². The van der Waals surface area contributed by atoms with Gasteiger partial charge in [0.05, 0.1) is 0 Å². The van der Waals surface area contributed by atoms with Crippen molar-refractivity contribution in [2.24, 2.45) is 0 Å². The maximum absolute atomic E-state index is 12.6. The molecule has 0 N–H and O–H groups in total. The van der Waals surface area contributed by atoms with Gasteiger partial charge in [0.25, 0.3) is 0 Å². The molecule has 0 bridgehead atoms. The van der Waals surface area contributed by atoms with Crippen molar-refractivity contribution < 1.29 is 9.53 Å². The first-order chi connectivity index (χ1) is 11.6. The van der Waals surface area contributed by atoms with Crippen LogP contribution in [0.5, 0.6) is 5.75 Å². The van der Waals surface area contributed by atoms with E-state index in [1.54, 1.807) is 0 Å². The fourth-order valence-electron chi connectivity index (χ4n) is 2.80. The number of hydrogen-bond acceptors (Lipinski definition) is 2. The number of carbonyl (C=O) groups excluding carboxylic acids is 1. The van der Waals surface area contributed by atoms with Crippen LogP contribution in [0.4, 0.5) is 0 Å². The second-order valence-corrected chi connectivity index (χ2v) is 6.54. The minimum Gasteiger partial charge on any atom is -0.485 e. The summed E-state index contributed by atoms with van der Waals surface area (Å²) in [5, 5.41) is 0. The molecule has 1 heterocycles. The van der Waals surface area contributed by atoms with Gasteiger partial charge in [-0.3, -0.25) is 4.79 Å². The minimum atomic E-state index is -0.0229. The minimum absolute atomic E-state index is 0.0229. The zero-order valence-corrected chi connectivity index (χ0v) is 15.2. The van der Waals surface area contributed by atoms with Gasteiger partial charge in [0.15, 0.2) is 6.61 Å². The van der Waals surface area contributed by atoms with Gasteiger partial charge in [-0.1, -0.05) is 40.2 Å². The molecule has 24 heavy (non-hydrogen) atoms. The number of Topliss-reactive ketones (excluding diaryl/α,β-unsaturated/α-hetero) is 1. The summed E-state index contributed by atoms with van der Waals surface area (Å²) >= 11 is 3.40. The summed E-state index contributed by atoms with van der Waals surface area (Å²) in [6.45, 7) is 3.99. The number of ether oxygens (including phenoxy) is 1. The van der Waals surface area contributed by atoms with Crippen molar-refractivity contribution in [1.82, 2.24) is 4.57 Å². The molecule has 4 heteroatoms. The maximum Gasteiger partial charge on any atom is 0.202 e. The summed E-state index contributed by atoms with van der Waals surface area (Å²) in [5.74, 6) is 0.653. The van der Waals surface area contributed by atoms with Gasteiger partial charge in [0.1, 0.15) is 5.75 Å². The Hall–Kier alpha value is -2.33. The molecule has 0 saturated heterocycles. The van der Waals surface area contributed by atoms with Gasteiger partial charge < -0.3 is 9.30 Å². The molecule has 0 saturated carbocycles. The van der Waals surface area contributed by atoms with E-state index in [0.29, 0.717) is 11.3 Å². The number of aromatic nitrogens is 1. The Kier molecular flexibility index (Phi) is 4.86. The monoisotopic (exact) mass is 383 g/mol. The molecule has 2 aromatic carbocycles. The van der Waals surface area contributed by atoms with E-state index in [2.05, 4.69) is 20.5 Å². The smallest absolute Gasteiger partial charge is 0.202 e. The fraction of sp³-hybridized carbons (Fsp3) is 0.150. The molecule has 0 aliphatic heterocycles. The van der Waals surface area contributed by atoms with E-state index in [9.17, 15) is 4.79 Å². The first kappa shape index (κ1) is 16.5. The molecule has 0 atom stereocenters. The third kappa shape index (κ3) is 3.44. The average Bonchev–Trinajstić information content (AvgIpc) is 2.88. The predicted octanol–water partition coefficient (Wildman–Crippen LogP) is 5.12. The van der Waals surface area contributed by atoms with Crippen molar-refractivity contribution in [3.8, 4) is 11.4 Å². The Morgan fingerprint density at radius 2 is 1.79 bits per heavy atom. The van der Waals surface area contributed by atoms with Gasteiger partial charge in [0.2, 0.25) is 5.78 Å². The number of ketones is 1. The third-order valence-corrected chi connectivity index (χ3v) is 4.41. The molecule has 3 nitrogen and oxygen atoms in total. The first-order valence-corrected chi connectivity index (χ1v) is 8.51. The van der Waals surface area contributed by atoms with E-state index < -0.39 is 0 Å². The highest BCUT2D eigenvalue weighted by Crippen LogP contribution is 2.22. The van der Waals surface area contributed by atoms with Crippen LogP contribution in [-0.4, -0.2) is 17.0 Å². The van der Waals surface area contributed by atoms with Gasteiger partial charge in [-0.15, -0.1) is 0 Å². The molecule has 0 unspecified atom stereocenters. The fourth-order valence-corrected chi connectivity index (χ4v) is 3.18. The zero-order chi connectivity index (χ0) is 17.1. The molecule has 0 aliphatic carbocycles. The molecular weight excluding hydrogens is 366 g/mol. The zero-order valence-electron chi connectivity index (χ0n) is 13.6. The lowest BCUT2D eigenvalue weighted by Gasteiger charge is -2.10. The van der Waals surface area contributed by atoms with Crippen LogP contribution in [0.3, 0.4) is 0 Å². The van der Waals surface area contributed by atoms with Crippen LogP contribution in [0.15, 0.2) is 65.1 Å². The van der Waals surface area contributed by atoms with E-state index in [-0.39, 0.29) is 12.4 Å². The van der Waals surface area contributed by atoms with Crippen molar-refractivity contribution in [3.63, 3.8) is 0 Å². The van der Waals surface area contributed by atoms with Gasteiger partial charge in [-0.25, -0.2) is 0 Å². The second kappa shape index (κ2) is 7.05. The van der Waals surface area contributed by atoms with Crippen molar-refractivity contribution in [2.75, 3.05) is 6.61 Å². The van der Waals surface area contributed by atoms with E-state index in [1.165, 1.54) is 0 Å². The predicted molar refractivity (Wildman–Crippen MR) is 99.2 cm³/mol. The standard InChI is InChI=1S/C20H18BrNO2/c1-14-11-19(15(2)22(14)17-8-4-3-5-9-17)20(23)13-24-18-10-6-7-16(21)12-18/h3-12H,13H2,1-2H3. The molecular formula is C20H18BrNO2. The summed E-state index contributed by atoms with van der Waals surface area (Å²) in [6.07, 6.45) is 0. The molecule has 1 aromatic heterocycles. The second-order valence-electron chi connectivity index (χ2n) is 5.62. The highest BCUT2D eigenvalue weighted by molar-refractivity contribution is 9.10. The van der Waals surface area contributed by atoms with Crippen molar-refractivity contribution in [2.45, 2.75) is 13.8 Å². The third-order valence-electron chi connectivity index (χ3n) is 3.91. The molecule has 0 fully saturated rings. The van der Waals surface area contributed by atoms with Crippen molar-refractivity contribution >= 4 is 21.7 Å². The molecule has 0 radical (unpaired) electrons. The molecule has 0 aliphatic rings. The van der Waals surface area contributed by atoms with Crippen LogP contribution in [0, 0.1) is 13.8 Å². The van der Waals surface area contributed by atoms with E-state index >= 15 is 0 Å². The van der Waals surface area contributed by atoms with Crippen LogP contribution in [0.2, 0.25) is 0 Å². The number of carbonyl (C=O) groups is 1. The highest BCUT2D eigenvalue weighted by atomic mass is 79.9. The van der Waals surface area contributed by atoms with E-state index in [4.69, 9.17) is 4.74 Å². The summed E-state index contributed by atoms with van der Waals surface area (Å²) in [5.41, 5.74) is 3.72. The Labute approximate surface area is 150 Å². The van der Waals surface area contributed by atoms with Crippen molar-refractivity contribution in [3.05, 3.63) is 82.1 Å². The molecule has 122 valence electrons. The molecule has 0 spiro atoms. The van der Waals surface area contributed by atoms with Gasteiger partial charge >= 0.3 is 0 Å². The van der Waals surface area contributed by atoms with E-state index in [1.807, 2.05) is 74.5 Å². The molecule has 3 rings (SSSR count). The van der Waals surface area contributed by atoms with Crippen LogP contribution in [-0.2, 0) is 0 Å². The van der Waals surface area contributed by atoms with Crippen LogP contribution in [0.1, 0.15) is 21.7 Å². The normalized spacial score (nSPS) is 10.6. The lowest BCUT2D eigenvalue weighted by atomic mass is 10.1. The SMILES string of the molecule is Cc1cc(C(=O)COc2cccc(Br)c2)c(C)n1-c1ccccc1. The Morgan fingerprint density at radius 1 is 1.04 bits per heavy atom. The topological polar surface area (TPSA) is 31.2 Å². The molecule has 3 aromatic rings. The number of aryl methyl sites for hydroxylation is 1. The molecule has 0 amide bonds. The number of nitrogens with zero attached hydrogens (tertiary/aromatic N) is 1. The summed E-state index contributed by atoms with van der Waals surface area (Å²) in [4.78, 5) is 12.6.